The van der Waals surface area contributed by atoms with Crippen LogP contribution in [0.3, 0.4) is 0 Å². The lowest BCUT2D eigenvalue weighted by atomic mass is 9.99. The number of aliphatic hydroxyl groups is 3. The van der Waals surface area contributed by atoms with Crippen LogP contribution in [0.1, 0.15) is 68.2 Å². The van der Waals surface area contributed by atoms with E-state index in [9.17, 15) is 35.0 Å². The molecule has 4 aromatic rings. The second-order valence-corrected chi connectivity index (χ2v) is 17.9. The number of aromatic nitrogens is 3. The van der Waals surface area contributed by atoms with E-state index in [2.05, 4.69) is 46.3 Å². The Bertz CT molecular complexity index is 2400. The van der Waals surface area contributed by atoms with Gasteiger partial charge in [-0.25, -0.2) is 0 Å². The summed E-state index contributed by atoms with van der Waals surface area (Å²) in [6.07, 6.45) is 0.566. The zero-order chi connectivity index (χ0) is 52.0. The number of nitrogens with zero attached hydrogens (tertiary/aromatic N) is 10. The van der Waals surface area contributed by atoms with E-state index in [0.717, 1.165) is 42.6 Å². The molecule has 0 unspecified atom stereocenters. The van der Waals surface area contributed by atoms with Gasteiger partial charge < -0.3 is 54.7 Å². The number of nitrogens with one attached hydrogen (secondary N) is 2. The van der Waals surface area contributed by atoms with E-state index >= 15 is 0 Å². The third-order valence-electron chi connectivity index (χ3n) is 11.7. The highest BCUT2D eigenvalue weighted by Crippen LogP contribution is 2.38. The molecule has 1 aromatic heterocycles. The summed E-state index contributed by atoms with van der Waals surface area (Å²) in [5.41, 5.74) is 4.48. The number of aryl methyl sites for hydroxylation is 3. The molecule has 0 saturated carbocycles. The lowest BCUT2D eigenvalue weighted by Gasteiger charge is -2.40. The predicted molar refractivity (Wildman–Crippen MR) is 267 cm³/mol. The van der Waals surface area contributed by atoms with Crippen molar-refractivity contribution in [2.75, 3.05) is 72.5 Å². The number of nitro groups is 1. The lowest BCUT2D eigenvalue weighted by Crippen LogP contribution is -2.59. The highest BCUT2D eigenvalue weighted by molar-refractivity contribution is 5.76. The Balaban J connectivity index is 0.947. The summed E-state index contributed by atoms with van der Waals surface area (Å²) < 4.78 is 24.4. The Kier molecular flexibility index (Phi) is 23.0. The molecule has 0 bridgehead atoms. The predicted octanol–water partition coefficient (Wildman–Crippen LogP) is 6.03. The maximum atomic E-state index is 12.6. The number of aliphatic hydroxyl groups excluding tert-OH is 3. The van der Waals surface area contributed by atoms with Gasteiger partial charge >= 0.3 is 0 Å². The first kappa shape index (κ1) is 56.6. The minimum atomic E-state index is -1.53. The zero-order valence-corrected chi connectivity index (χ0v) is 42.1. The summed E-state index contributed by atoms with van der Waals surface area (Å²) in [4.78, 5) is 39.9. The monoisotopic (exact) mass is 1000 g/mol. The molecule has 0 radical (unpaired) electrons. The number of unbranched alkanes of at least 4 members (excludes halogenated alkanes) is 2. The van der Waals surface area contributed by atoms with Crippen LogP contribution >= 0.6 is 0 Å². The van der Waals surface area contributed by atoms with E-state index in [-0.39, 0.29) is 43.0 Å². The molecule has 72 heavy (non-hydrogen) atoms. The SMILES string of the molecule is COc1cc(/N=N/c2ccc(C)cc2[N+](=O)[O-])c(C)cc1/N=N/c1ccc(N(C)CCCC(=O)NCCCO[C@@H]2O[C@H](COCc3cn(CCCNC(=O)CCCCCN(C)C)nn3)[C@@H](O)[C@H](O)[C@H]2O)cc1. The Labute approximate surface area is 419 Å². The summed E-state index contributed by atoms with van der Waals surface area (Å²) in [6, 6.07) is 15.6. The molecule has 0 spiro atoms. The lowest BCUT2D eigenvalue weighted by molar-refractivity contribution is -0.384. The molecule has 23 nitrogen and oxygen atoms in total. The number of methoxy groups -OCH3 is 1. The molecule has 5 rings (SSSR count). The van der Waals surface area contributed by atoms with Gasteiger partial charge in [0, 0.05) is 63.9 Å². The highest BCUT2D eigenvalue weighted by Gasteiger charge is 2.44. The van der Waals surface area contributed by atoms with Crippen molar-refractivity contribution in [2.24, 2.45) is 20.5 Å². The van der Waals surface area contributed by atoms with Crippen molar-refractivity contribution >= 4 is 45.9 Å². The van der Waals surface area contributed by atoms with Crippen molar-refractivity contribution in [3.8, 4) is 5.75 Å². The average molecular weight is 1000 g/mol. The van der Waals surface area contributed by atoms with Crippen molar-refractivity contribution in [1.82, 2.24) is 30.5 Å². The summed E-state index contributed by atoms with van der Waals surface area (Å²) in [5.74, 6) is 0.326. The quantitative estimate of drug-likeness (QED) is 0.0172. The Morgan fingerprint density at radius 3 is 2.25 bits per heavy atom. The third kappa shape index (κ3) is 18.4. The largest absolute Gasteiger partial charge is 0.494 e. The first-order valence-corrected chi connectivity index (χ1v) is 24.2. The van der Waals surface area contributed by atoms with Crippen LogP contribution < -0.4 is 20.3 Å². The van der Waals surface area contributed by atoms with E-state index < -0.39 is 35.6 Å². The summed E-state index contributed by atoms with van der Waals surface area (Å²) in [6.45, 7) is 6.70. The van der Waals surface area contributed by atoms with E-state index in [4.69, 9.17) is 18.9 Å². The van der Waals surface area contributed by atoms with Gasteiger partial charge in [-0.15, -0.1) is 20.4 Å². The molecule has 3 aromatic carbocycles. The molecule has 5 atom stereocenters. The van der Waals surface area contributed by atoms with E-state index in [0.29, 0.717) is 86.8 Å². The summed E-state index contributed by atoms with van der Waals surface area (Å²) in [7, 11) is 7.51. The third-order valence-corrected chi connectivity index (χ3v) is 11.7. The summed E-state index contributed by atoms with van der Waals surface area (Å²) >= 11 is 0. The fourth-order valence-electron chi connectivity index (χ4n) is 7.50. The van der Waals surface area contributed by atoms with Gasteiger partial charge in [0.15, 0.2) is 12.0 Å². The minimum absolute atomic E-state index is 0.0477. The topological polar surface area (TPSA) is 286 Å². The number of amides is 2. The summed E-state index contributed by atoms with van der Waals surface area (Å²) in [5, 5.41) is 74.2. The van der Waals surface area contributed by atoms with Crippen LogP contribution in [-0.2, 0) is 37.0 Å². The fourth-order valence-corrected chi connectivity index (χ4v) is 7.50. The standard InChI is InChI=1S/C49H70N12O11/c1-33-15-20-38(41(27-33)61(67)68)54-55-39-29-42(69-6)40(28-34(39)2)56-52-35-16-18-37(19-17-35)59(5)24-10-14-45(63)51-22-12-26-71-49-48(66)47(65)46(64)43(72-49)32-70-31-36-30-60(57-53-36)25-11-21-50-44(62)13-8-7-9-23-58(3)4/h15-20,27-30,43,46-49,64-66H,7-14,21-26,31-32H2,1-6H3,(H,50,62)(H,51,63)/b55-54+,56-52+/t43-,46-,47+,48-,49-/m1/s1. The Morgan fingerprint density at radius 2 is 1.53 bits per heavy atom. The molecule has 1 fully saturated rings. The molecule has 1 aliphatic rings. The Hall–Kier alpha value is -6.34. The fraction of sp³-hybridized carbons (Fsp3) is 0.551. The minimum Gasteiger partial charge on any atom is -0.494 e. The number of carbonyl (C=O) groups excluding carboxylic acids is 2. The number of ether oxygens (including phenoxy) is 4. The molecule has 0 aliphatic carbocycles. The van der Waals surface area contributed by atoms with Crippen LogP contribution in [0.2, 0.25) is 0 Å². The first-order chi connectivity index (χ1) is 34.6. The van der Waals surface area contributed by atoms with Gasteiger partial charge in [0.25, 0.3) is 5.69 Å². The van der Waals surface area contributed by atoms with Gasteiger partial charge in [0.2, 0.25) is 11.8 Å². The number of rotatable bonds is 30. The van der Waals surface area contributed by atoms with E-state index in [1.165, 1.54) is 13.2 Å². The van der Waals surface area contributed by atoms with E-state index in [1.807, 2.05) is 57.2 Å². The van der Waals surface area contributed by atoms with Gasteiger partial charge in [0.1, 0.15) is 41.5 Å². The maximum absolute atomic E-state index is 12.6. The molecule has 392 valence electrons. The van der Waals surface area contributed by atoms with Gasteiger partial charge in [0.05, 0.1) is 49.4 Å². The van der Waals surface area contributed by atoms with Crippen LogP contribution in [0, 0.1) is 24.0 Å². The molecular weight excluding hydrogens is 933 g/mol. The molecule has 2 amide bonds. The molecular formula is C49H70N12O11. The van der Waals surface area contributed by atoms with Crippen LogP contribution in [0.15, 0.2) is 81.3 Å². The number of hydrogen-bond acceptors (Lipinski definition) is 19. The van der Waals surface area contributed by atoms with Gasteiger partial charge in [-0.05, 0) is 114 Å². The second-order valence-electron chi connectivity index (χ2n) is 17.9. The molecule has 1 aliphatic heterocycles. The van der Waals surface area contributed by atoms with Crippen LogP contribution in [0.25, 0.3) is 0 Å². The van der Waals surface area contributed by atoms with Crippen LogP contribution in [0.5, 0.6) is 5.75 Å². The van der Waals surface area contributed by atoms with Gasteiger partial charge in [-0.2, -0.15) is 5.11 Å². The van der Waals surface area contributed by atoms with Crippen molar-refractivity contribution < 1.29 is 48.8 Å². The van der Waals surface area contributed by atoms with Crippen molar-refractivity contribution in [2.45, 2.75) is 109 Å². The van der Waals surface area contributed by atoms with Gasteiger partial charge in [-0.3, -0.25) is 24.4 Å². The number of carbonyl (C=O) groups is 2. The van der Waals surface area contributed by atoms with Crippen molar-refractivity contribution in [3.63, 3.8) is 0 Å². The second kappa shape index (κ2) is 29.2. The Morgan fingerprint density at radius 1 is 0.819 bits per heavy atom. The van der Waals surface area contributed by atoms with Gasteiger partial charge in [-0.1, -0.05) is 17.7 Å². The zero-order valence-electron chi connectivity index (χ0n) is 42.1. The van der Waals surface area contributed by atoms with Crippen molar-refractivity contribution in [1.29, 1.82) is 0 Å². The normalized spacial score (nSPS) is 18.0. The number of hydrogen-bond donors (Lipinski definition) is 5. The van der Waals surface area contributed by atoms with Crippen molar-refractivity contribution in [3.05, 3.63) is 87.7 Å². The van der Waals surface area contributed by atoms with E-state index in [1.54, 1.807) is 42.1 Å². The number of benzene rings is 3. The number of nitro benzene ring substituents is 1. The molecule has 1 saturated heterocycles. The molecule has 23 heteroatoms. The first-order valence-electron chi connectivity index (χ1n) is 24.2. The number of azo groups is 2. The number of anilines is 1. The van der Waals surface area contributed by atoms with Crippen LogP contribution in [0.4, 0.5) is 34.1 Å². The van der Waals surface area contributed by atoms with Crippen LogP contribution in [-0.4, -0.2) is 150 Å². The highest BCUT2D eigenvalue weighted by atomic mass is 16.7. The maximum Gasteiger partial charge on any atom is 0.296 e. The average Bonchev–Trinajstić information content (AvgIpc) is 3.82. The smallest absolute Gasteiger partial charge is 0.296 e. The molecule has 5 N–H and O–H groups in total. The molecule has 2 heterocycles.